The Balaban J connectivity index is 2.38. The van der Waals surface area contributed by atoms with E-state index in [1.54, 1.807) is 12.1 Å². The van der Waals surface area contributed by atoms with Gasteiger partial charge in [0.25, 0.3) is 0 Å². The van der Waals surface area contributed by atoms with E-state index in [4.69, 9.17) is 0 Å². The van der Waals surface area contributed by atoms with Crippen molar-refractivity contribution in [2.45, 2.75) is 52.2 Å². The molecule has 0 spiro atoms. The molecular weight excluding hydrogens is 239 g/mol. The Morgan fingerprint density at radius 3 is 2.68 bits per heavy atom. The minimum absolute atomic E-state index is 0.159. The average molecular weight is 266 g/mol. The Bertz CT molecular complexity index is 368. The molecular formula is C16H27FN2. The summed E-state index contributed by atoms with van der Waals surface area (Å²) in [7, 11) is 2.09. The Morgan fingerprint density at radius 2 is 2.05 bits per heavy atom. The lowest BCUT2D eigenvalue weighted by molar-refractivity contribution is 0.237. The normalized spacial score (nSPS) is 14.6. The first-order chi connectivity index (χ1) is 9.02. The van der Waals surface area contributed by atoms with Crippen LogP contribution in [0.15, 0.2) is 24.3 Å². The van der Waals surface area contributed by atoms with E-state index in [9.17, 15) is 4.39 Å². The van der Waals surface area contributed by atoms with Gasteiger partial charge in [-0.1, -0.05) is 25.5 Å². The fourth-order valence-electron chi connectivity index (χ4n) is 2.14. The summed E-state index contributed by atoms with van der Waals surface area (Å²) in [6.45, 7) is 8.38. The molecule has 0 heterocycles. The highest BCUT2D eigenvalue weighted by molar-refractivity contribution is 5.16. The quantitative estimate of drug-likeness (QED) is 0.775. The zero-order valence-corrected chi connectivity index (χ0v) is 12.6. The molecule has 0 aromatic heterocycles. The number of likely N-dealkylation sites (N-methyl/N-ethyl adjacent to an activating group) is 1. The first-order valence-electron chi connectivity index (χ1n) is 7.21. The first-order valence-corrected chi connectivity index (χ1v) is 7.21. The predicted octanol–water partition coefficient (Wildman–Crippen LogP) is 3.42. The van der Waals surface area contributed by atoms with Gasteiger partial charge in [0, 0.05) is 25.2 Å². The number of benzene rings is 1. The molecule has 0 saturated carbocycles. The van der Waals surface area contributed by atoms with Gasteiger partial charge in [-0.15, -0.1) is 0 Å². The van der Waals surface area contributed by atoms with Crippen LogP contribution >= 0.6 is 0 Å². The van der Waals surface area contributed by atoms with Gasteiger partial charge in [-0.3, -0.25) is 4.90 Å². The van der Waals surface area contributed by atoms with Crippen LogP contribution < -0.4 is 5.32 Å². The second-order valence-electron chi connectivity index (χ2n) is 5.49. The van der Waals surface area contributed by atoms with E-state index in [-0.39, 0.29) is 5.82 Å². The number of hydrogen-bond donors (Lipinski definition) is 1. The summed E-state index contributed by atoms with van der Waals surface area (Å²) in [6.07, 6.45) is 2.42. The highest BCUT2D eigenvalue weighted by Crippen LogP contribution is 2.08. The van der Waals surface area contributed by atoms with Gasteiger partial charge in [0.15, 0.2) is 0 Å². The topological polar surface area (TPSA) is 15.3 Å². The highest BCUT2D eigenvalue weighted by atomic mass is 19.1. The van der Waals surface area contributed by atoms with E-state index in [0.29, 0.717) is 12.1 Å². The van der Waals surface area contributed by atoms with Crippen molar-refractivity contribution in [3.63, 3.8) is 0 Å². The van der Waals surface area contributed by atoms with Crippen molar-refractivity contribution in [1.82, 2.24) is 10.2 Å². The molecule has 0 bridgehead atoms. The molecule has 0 radical (unpaired) electrons. The average Bonchev–Trinajstić information content (AvgIpc) is 2.36. The van der Waals surface area contributed by atoms with Gasteiger partial charge in [-0.2, -0.15) is 0 Å². The SMILES string of the molecule is CCCC(C)NCC(C)N(C)Cc1cccc(F)c1. The molecule has 108 valence electrons. The summed E-state index contributed by atoms with van der Waals surface area (Å²) >= 11 is 0. The summed E-state index contributed by atoms with van der Waals surface area (Å²) < 4.78 is 13.1. The van der Waals surface area contributed by atoms with E-state index < -0.39 is 0 Å². The van der Waals surface area contributed by atoms with E-state index in [1.807, 2.05) is 6.07 Å². The van der Waals surface area contributed by atoms with Crippen LogP contribution in [0.1, 0.15) is 39.2 Å². The molecule has 1 rings (SSSR count). The van der Waals surface area contributed by atoms with Crippen molar-refractivity contribution < 1.29 is 4.39 Å². The molecule has 0 fully saturated rings. The van der Waals surface area contributed by atoms with Crippen molar-refractivity contribution in [3.8, 4) is 0 Å². The van der Waals surface area contributed by atoms with Gasteiger partial charge in [-0.25, -0.2) is 4.39 Å². The minimum Gasteiger partial charge on any atom is -0.313 e. The van der Waals surface area contributed by atoms with Gasteiger partial charge < -0.3 is 5.32 Å². The Hall–Kier alpha value is -0.930. The molecule has 0 saturated heterocycles. The lowest BCUT2D eigenvalue weighted by atomic mass is 10.1. The highest BCUT2D eigenvalue weighted by Gasteiger charge is 2.11. The third-order valence-corrected chi connectivity index (χ3v) is 3.56. The Labute approximate surface area is 117 Å². The van der Waals surface area contributed by atoms with Gasteiger partial charge in [0.05, 0.1) is 0 Å². The van der Waals surface area contributed by atoms with Crippen LogP contribution in [0.4, 0.5) is 4.39 Å². The van der Waals surface area contributed by atoms with Crippen molar-refractivity contribution in [2.75, 3.05) is 13.6 Å². The summed E-state index contributed by atoms with van der Waals surface area (Å²) in [5.41, 5.74) is 1.02. The molecule has 1 N–H and O–H groups in total. The zero-order chi connectivity index (χ0) is 14.3. The van der Waals surface area contributed by atoms with Gasteiger partial charge in [-0.05, 0) is 45.0 Å². The maximum atomic E-state index is 13.1. The monoisotopic (exact) mass is 266 g/mol. The van der Waals surface area contributed by atoms with E-state index in [2.05, 4.69) is 38.0 Å². The number of nitrogens with zero attached hydrogens (tertiary/aromatic N) is 1. The maximum absolute atomic E-state index is 13.1. The van der Waals surface area contributed by atoms with Crippen molar-refractivity contribution in [2.24, 2.45) is 0 Å². The number of halogens is 1. The van der Waals surface area contributed by atoms with Crippen LogP contribution in [-0.4, -0.2) is 30.6 Å². The third kappa shape index (κ3) is 6.17. The van der Waals surface area contributed by atoms with Crippen molar-refractivity contribution in [1.29, 1.82) is 0 Å². The van der Waals surface area contributed by atoms with Crippen molar-refractivity contribution in [3.05, 3.63) is 35.6 Å². The largest absolute Gasteiger partial charge is 0.313 e. The molecule has 3 heteroatoms. The zero-order valence-electron chi connectivity index (χ0n) is 12.6. The van der Waals surface area contributed by atoms with Crippen LogP contribution in [0.2, 0.25) is 0 Å². The molecule has 2 atom stereocenters. The summed E-state index contributed by atoms with van der Waals surface area (Å²) in [6, 6.07) is 7.83. The molecule has 1 aromatic carbocycles. The molecule has 0 aliphatic heterocycles. The van der Waals surface area contributed by atoms with Gasteiger partial charge in [0.2, 0.25) is 0 Å². The molecule has 2 nitrogen and oxygen atoms in total. The Morgan fingerprint density at radius 1 is 1.32 bits per heavy atom. The maximum Gasteiger partial charge on any atom is 0.123 e. The standard InChI is InChI=1S/C16H27FN2/c1-5-7-13(2)18-11-14(3)19(4)12-15-8-6-9-16(17)10-15/h6,8-10,13-14,18H,5,7,11-12H2,1-4H3. The van der Waals surface area contributed by atoms with E-state index in [1.165, 1.54) is 18.9 Å². The molecule has 0 amide bonds. The van der Waals surface area contributed by atoms with Crippen LogP contribution in [-0.2, 0) is 6.54 Å². The molecule has 1 aromatic rings. The number of hydrogen-bond acceptors (Lipinski definition) is 2. The third-order valence-electron chi connectivity index (χ3n) is 3.56. The second kappa shape index (κ2) is 8.28. The van der Waals surface area contributed by atoms with Crippen molar-refractivity contribution >= 4 is 0 Å². The second-order valence-corrected chi connectivity index (χ2v) is 5.49. The number of rotatable bonds is 8. The van der Waals surface area contributed by atoms with Crippen LogP contribution in [0.5, 0.6) is 0 Å². The summed E-state index contributed by atoms with van der Waals surface area (Å²) in [5.74, 6) is -0.159. The van der Waals surface area contributed by atoms with Gasteiger partial charge in [0.1, 0.15) is 5.82 Å². The Kier molecular flexibility index (Phi) is 7.03. The van der Waals surface area contributed by atoms with Crippen LogP contribution in [0.3, 0.4) is 0 Å². The lowest BCUT2D eigenvalue weighted by Gasteiger charge is -2.26. The minimum atomic E-state index is -0.159. The summed E-state index contributed by atoms with van der Waals surface area (Å²) in [4.78, 5) is 2.25. The van der Waals surface area contributed by atoms with E-state index >= 15 is 0 Å². The summed E-state index contributed by atoms with van der Waals surface area (Å²) in [5, 5.41) is 3.55. The molecule has 2 unspecified atom stereocenters. The lowest BCUT2D eigenvalue weighted by Crippen LogP contribution is -2.40. The molecule has 0 aliphatic rings. The predicted molar refractivity (Wildman–Crippen MR) is 79.7 cm³/mol. The van der Waals surface area contributed by atoms with E-state index in [0.717, 1.165) is 18.7 Å². The molecule has 19 heavy (non-hydrogen) atoms. The smallest absolute Gasteiger partial charge is 0.123 e. The van der Waals surface area contributed by atoms with Crippen LogP contribution in [0, 0.1) is 5.82 Å². The fraction of sp³-hybridized carbons (Fsp3) is 0.625. The van der Waals surface area contributed by atoms with Gasteiger partial charge >= 0.3 is 0 Å². The molecule has 0 aliphatic carbocycles. The fourth-order valence-corrected chi connectivity index (χ4v) is 2.14. The first kappa shape index (κ1) is 16.1. The number of nitrogens with one attached hydrogen (secondary N) is 1. The van der Waals surface area contributed by atoms with Crippen LogP contribution in [0.25, 0.3) is 0 Å².